The molecule has 0 amide bonds. The highest BCUT2D eigenvalue weighted by molar-refractivity contribution is 5.81. The van der Waals surface area contributed by atoms with Gasteiger partial charge in [-0.3, -0.25) is 4.79 Å². The summed E-state index contributed by atoms with van der Waals surface area (Å²) in [4.78, 5) is 14.5. The molecular formula is C15H30N2O2. The predicted octanol–water partition coefficient (Wildman–Crippen LogP) is 1.90. The Balaban J connectivity index is 2.70. The molecule has 3 unspecified atom stereocenters. The van der Waals surface area contributed by atoms with Crippen molar-refractivity contribution in [1.29, 1.82) is 0 Å². The van der Waals surface area contributed by atoms with Crippen molar-refractivity contribution >= 4 is 5.97 Å². The van der Waals surface area contributed by atoms with Crippen LogP contribution in [-0.2, 0) is 9.53 Å². The van der Waals surface area contributed by atoms with Gasteiger partial charge in [-0.25, -0.2) is 0 Å². The van der Waals surface area contributed by atoms with Crippen molar-refractivity contribution < 1.29 is 9.53 Å². The highest BCUT2D eigenvalue weighted by atomic mass is 16.5. The van der Waals surface area contributed by atoms with Gasteiger partial charge in [0.2, 0.25) is 0 Å². The summed E-state index contributed by atoms with van der Waals surface area (Å²) in [6.07, 6.45) is 2.88. The smallest absolute Gasteiger partial charge is 0.326 e. The third-order valence-electron chi connectivity index (χ3n) is 4.36. The summed E-state index contributed by atoms with van der Waals surface area (Å²) in [7, 11) is 4.09. The van der Waals surface area contributed by atoms with Crippen LogP contribution >= 0.6 is 0 Å². The Labute approximate surface area is 117 Å². The van der Waals surface area contributed by atoms with Crippen molar-refractivity contribution in [3.8, 4) is 0 Å². The standard InChI is InChI=1S/C15H30N2O2/c1-6-19-14(18)15(16-9-10-17(4)5)8-7-12(2)13(3)11-15/h12-13,16H,6-11H2,1-5H3. The van der Waals surface area contributed by atoms with E-state index < -0.39 is 5.54 Å². The fourth-order valence-corrected chi connectivity index (χ4v) is 2.82. The van der Waals surface area contributed by atoms with Crippen LogP contribution in [0.25, 0.3) is 0 Å². The predicted molar refractivity (Wildman–Crippen MR) is 78.1 cm³/mol. The topological polar surface area (TPSA) is 41.6 Å². The van der Waals surface area contributed by atoms with Crippen LogP contribution < -0.4 is 5.32 Å². The van der Waals surface area contributed by atoms with Gasteiger partial charge in [0.05, 0.1) is 6.61 Å². The molecule has 1 fully saturated rings. The Hall–Kier alpha value is -0.610. The van der Waals surface area contributed by atoms with E-state index >= 15 is 0 Å². The number of nitrogens with one attached hydrogen (secondary N) is 1. The van der Waals surface area contributed by atoms with Gasteiger partial charge in [0.1, 0.15) is 5.54 Å². The Bertz CT molecular complexity index is 294. The van der Waals surface area contributed by atoms with Crippen LogP contribution in [0.15, 0.2) is 0 Å². The summed E-state index contributed by atoms with van der Waals surface area (Å²) in [5, 5.41) is 3.49. The summed E-state index contributed by atoms with van der Waals surface area (Å²) in [5.41, 5.74) is -0.460. The van der Waals surface area contributed by atoms with Crippen LogP contribution in [-0.4, -0.2) is 50.2 Å². The summed E-state index contributed by atoms with van der Waals surface area (Å²) < 4.78 is 5.31. The molecule has 0 bridgehead atoms. The zero-order chi connectivity index (χ0) is 14.5. The quantitative estimate of drug-likeness (QED) is 0.749. The normalized spacial score (nSPS) is 31.5. The van der Waals surface area contributed by atoms with Gasteiger partial charge in [-0.2, -0.15) is 0 Å². The number of hydrogen-bond acceptors (Lipinski definition) is 4. The summed E-state index contributed by atoms with van der Waals surface area (Å²) in [5.74, 6) is 1.19. The Kier molecular flexibility index (Phi) is 6.27. The first kappa shape index (κ1) is 16.4. The molecule has 0 aromatic carbocycles. The number of carbonyl (C=O) groups is 1. The average molecular weight is 270 g/mol. The van der Waals surface area contributed by atoms with Crippen LogP contribution in [0.3, 0.4) is 0 Å². The minimum atomic E-state index is -0.460. The Morgan fingerprint density at radius 1 is 1.37 bits per heavy atom. The lowest BCUT2D eigenvalue weighted by Crippen LogP contribution is -2.57. The molecule has 1 aliphatic carbocycles. The van der Waals surface area contributed by atoms with E-state index in [1.54, 1.807) is 0 Å². The molecule has 112 valence electrons. The first-order valence-electron chi connectivity index (χ1n) is 7.48. The van der Waals surface area contributed by atoms with Gasteiger partial charge in [0, 0.05) is 13.1 Å². The van der Waals surface area contributed by atoms with Crippen molar-refractivity contribution in [3.63, 3.8) is 0 Å². The van der Waals surface area contributed by atoms with Gasteiger partial charge < -0.3 is 15.0 Å². The van der Waals surface area contributed by atoms with Gasteiger partial charge >= 0.3 is 5.97 Å². The molecule has 19 heavy (non-hydrogen) atoms. The first-order valence-corrected chi connectivity index (χ1v) is 7.48. The molecule has 1 aliphatic rings. The van der Waals surface area contributed by atoms with Gasteiger partial charge in [-0.15, -0.1) is 0 Å². The van der Waals surface area contributed by atoms with Crippen LogP contribution in [0.1, 0.15) is 40.0 Å². The molecule has 4 nitrogen and oxygen atoms in total. The van der Waals surface area contributed by atoms with Gasteiger partial charge in [0.15, 0.2) is 0 Å². The number of esters is 1. The lowest BCUT2D eigenvalue weighted by molar-refractivity contribution is -0.154. The summed E-state index contributed by atoms with van der Waals surface area (Å²) >= 11 is 0. The SMILES string of the molecule is CCOC(=O)C1(NCCN(C)C)CCC(C)C(C)C1. The van der Waals surface area contributed by atoms with E-state index in [9.17, 15) is 4.79 Å². The Morgan fingerprint density at radius 3 is 2.58 bits per heavy atom. The third-order valence-corrected chi connectivity index (χ3v) is 4.36. The summed E-state index contributed by atoms with van der Waals surface area (Å²) in [6, 6.07) is 0. The van der Waals surface area contributed by atoms with Crippen molar-refractivity contribution in [2.24, 2.45) is 11.8 Å². The van der Waals surface area contributed by atoms with Crippen molar-refractivity contribution in [2.45, 2.75) is 45.6 Å². The fourth-order valence-electron chi connectivity index (χ4n) is 2.82. The lowest BCUT2D eigenvalue weighted by atomic mass is 9.71. The van der Waals surface area contributed by atoms with Crippen LogP contribution in [0, 0.1) is 11.8 Å². The maximum Gasteiger partial charge on any atom is 0.326 e. The molecular weight excluding hydrogens is 240 g/mol. The van der Waals surface area contributed by atoms with Crippen molar-refractivity contribution in [1.82, 2.24) is 10.2 Å². The molecule has 0 spiro atoms. The molecule has 0 heterocycles. The van der Waals surface area contributed by atoms with E-state index in [4.69, 9.17) is 4.74 Å². The van der Waals surface area contributed by atoms with E-state index in [2.05, 4.69) is 24.1 Å². The zero-order valence-electron chi connectivity index (χ0n) is 13.2. The molecule has 0 aromatic rings. The Morgan fingerprint density at radius 2 is 2.05 bits per heavy atom. The number of hydrogen-bond donors (Lipinski definition) is 1. The van der Waals surface area contributed by atoms with Crippen LogP contribution in [0.2, 0.25) is 0 Å². The number of nitrogens with zero attached hydrogens (tertiary/aromatic N) is 1. The van der Waals surface area contributed by atoms with Gasteiger partial charge in [-0.05, 0) is 52.1 Å². The number of likely N-dealkylation sites (N-methyl/N-ethyl adjacent to an activating group) is 1. The van der Waals surface area contributed by atoms with E-state index in [0.29, 0.717) is 18.4 Å². The fraction of sp³-hybridized carbons (Fsp3) is 0.933. The minimum Gasteiger partial charge on any atom is -0.465 e. The van der Waals surface area contributed by atoms with Crippen LogP contribution in [0.4, 0.5) is 0 Å². The first-order chi connectivity index (χ1) is 8.91. The average Bonchev–Trinajstić information content (AvgIpc) is 2.33. The molecule has 0 aliphatic heterocycles. The lowest BCUT2D eigenvalue weighted by Gasteiger charge is -2.41. The highest BCUT2D eigenvalue weighted by Gasteiger charge is 2.44. The van der Waals surface area contributed by atoms with Gasteiger partial charge in [-0.1, -0.05) is 13.8 Å². The molecule has 0 aromatic heterocycles. The molecule has 1 rings (SSSR count). The second kappa shape index (κ2) is 7.25. The molecule has 1 saturated carbocycles. The molecule has 1 N–H and O–H groups in total. The molecule has 4 heteroatoms. The van der Waals surface area contributed by atoms with E-state index in [1.165, 1.54) is 0 Å². The highest BCUT2D eigenvalue weighted by Crippen LogP contribution is 2.37. The van der Waals surface area contributed by atoms with E-state index in [0.717, 1.165) is 32.4 Å². The minimum absolute atomic E-state index is 0.0625. The molecule has 0 saturated heterocycles. The second-order valence-corrected chi connectivity index (χ2v) is 6.23. The van der Waals surface area contributed by atoms with Gasteiger partial charge in [0.25, 0.3) is 0 Å². The largest absolute Gasteiger partial charge is 0.465 e. The van der Waals surface area contributed by atoms with Crippen molar-refractivity contribution in [3.05, 3.63) is 0 Å². The second-order valence-electron chi connectivity index (χ2n) is 6.23. The van der Waals surface area contributed by atoms with Crippen molar-refractivity contribution in [2.75, 3.05) is 33.8 Å². The third kappa shape index (κ3) is 4.46. The van der Waals surface area contributed by atoms with Crippen LogP contribution in [0.5, 0.6) is 0 Å². The maximum atomic E-state index is 12.3. The number of carbonyl (C=O) groups excluding carboxylic acids is 1. The number of ether oxygens (including phenoxy) is 1. The maximum absolute atomic E-state index is 12.3. The van der Waals surface area contributed by atoms with E-state index in [-0.39, 0.29) is 5.97 Å². The van der Waals surface area contributed by atoms with E-state index in [1.807, 2.05) is 21.0 Å². The summed E-state index contributed by atoms with van der Waals surface area (Å²) in [6.45, 7) is 8.61. The molecule has 3 atom stereocenters. The number of rotatable bonds is 6. The molecule has 0 radical (unpaired) electrons. The monoisotopic (exact) mass is 270 g/mol. The zero-order valence-corrected chi connectivity index (χ0v) is 13.2.